The van der Waals surface area contributed by atoms with Crippen LogP contribution in [0.2, 0.25) is 0 Å². The number of anilines is 2. The maximum atomic E-state index is 12.0. The summed E-state index contributed by atoms with van der Waals surface area (Å²) in [6, 6.07) is 17.6. The quantitative estimate of drug-likeness (QED) is 0.626. The number of benzene rings is 2. The first kappa shape index (κ1) is 18.0. The summed E-state index contributed by atoms with van der Waals surface area (Å²) in [6.07, 6.45) is 0. The number of nitrogens with one attached hydrogen (secondary N) is 2. The number of para-hydroxylation sites is 1. The third-order valence-electron chi connectivity index (χ3n) is 3.82. The zero-order valence-electron chi connectivity index (χ0n) is 14.8. The number of amides is 1. The minimum Gasteiger partial charge on any atom is -0.378 e. The van der Waals surface area contributed by atoms with Crippen LogP contribution in [0.25, 0.3) is 0 Å². The SMILES string of the molecule is Cc1ccc(NCc2nnc(SCC(=O)Nc3ccccc3)n2C)cc1. The highest BCUT2D eigenvalue weighted by Gasteiger charge is 2.11. The Hall–Kier alpha value is -2.80. The Balaban J connectivity index is 1.51. The zero-order valence-corrected chi connectivity index (χ0v) is 15.6. The Morgan fingerprint density at radius 1 is 1.04 bits per heavy atom. The molecule has 0 saturated carbocycles. The summed E-state index contributed by atoms with van der Waals surface area (Å²) in [5.41, 5.74) is 3.05. The number of aromatic nitrogens is 3. The first-order valence-corrected chi connectivity index (χ1v) is 9.27. The van der Waals surface area contributed by atoms with Crippen molar-refractivity contribution in [1.29, 1.82) is 0 Å². The summed E-state index contributed by atoms with van der Waals surface area (Å²) in [5, 5.41) is 15.3. The molecule has 0 radical (unpaired) electrons. The van der Waals surface area contributed by atoms with E-state index in [2.05, 4.69) is 39.9 Å². The van der Waals surface area contributed by atoms with Gasteiger partial charge >= 0.3 is 0 Å². The van der Waals surface area contributed by atoms with Crippen LogP contribution in [0.15, 0.2) is 59.8 Å². The number of hydrogen-bond acceptors (Lipinski definition) is 5. The number of carbonyl (C=O) groups is 1. The van der Waals surface area contributed by atoms with Crippen molar-refractivity contribution in [3.8, 4) is 0 Å². The molecule has 0 aliphatic rings. The van der Waals surface area contributed by atoms with Crippen molar-refractivity contribution in [3.63, 3.8) is 0 Å². The average molecular weight is 367 g/mol. The number of carbonyl (C=O) groups excluding carboxylic acids is 1. The first-order chi connectivity index (χ1) is 12.6. The van der Waals surface area contributed by atoms with Gasteiger partial charge in [0.15, 0.2) is 11.0 Å². The number of hydrogen-bond donors (Lipinski definition) is 2. The van der Waals surface area contributed by atoms with Crippen LogP contribution in [-0.4, -0.2) is 26.4 Å². The number of thioether (sulfide) groups is 1. The molecular formula is C19H21N5OS. The van der Waals surface area contributed by atoms with Crippen LogP contribution in [0.5, 0.6) is 0 Å². The van der Waals surface area contributed by atoms with Gasteiger partial charge in [0.05, 0.1) is 12.3 Å². The Kier molecular flexibility index (Phi) is 5.91. The van der Waals surface area contributed by atoms with Crippen LogP contribution in [0.4, 0.5) is 11.4 Å². The smallest absolute Gasteiger partial charge is 0.234 e. The fourth-order valence-corrected chi connectivity index (χ4v) is 3.06. The van der Waals surface area contributed by atoms with E-state index in [-0.39, 0.29) is 11.7 Å². The topological polar surface area (TPSA) is 71.8 Å². The predicted octanol–water partition coefficient (Wildman–Crippen LogP) is 3.47. The molecule has 3 aromatic rings. The second kappa shape index (κ2) is 8.53. The highest BCUT2D eigenvalue weighted by atomic mass is 32.2. The van der Waals surface area contributed by atoms with Crippen LogP contribution >= 0.6 is 11.8 Å². The van der Waals surface area contributed by atoms with Gasteiger partial charge in [-0.1, -0.05) is 47.7 Å². The van der Waals surface area contributed by atoms with Crippen molar-refractivity contribution >= 4 is 29.0 Å². The van der Waals surface area contributed by atoms with Gasteiger partial charge in [-0.3, -0.25) is 4.79 Å². The monoisotopic (exact) mass is 367 g/mol. The van der Waals surface area contributed by atoms with E-state index in [1.54, 1.807) is 0 Å². The second-order valence-corrected chi connectivity index (χ2v) is 6.82. The fraction of sp³-hybridized carbons (Fsp3) is 0.211. The van der Waals surface area contributed by atoms with Gasteiger partial charge in [-0.05, 0) is 31.2 Å². The van der Waals surface area contributed by atoms with Crippen LogP contribution in [-0.2, 0) is 18.4 Å². The third-order valence-corrected chi connectivity index (χ3v) is 4.84. The highest BCUT2D eigenvalue weighted by Crippen LogP contribution is 2.17. The van der Waals surface area contributed by atoms with Crippen molar-refractivity contribution in [2.24, 2.45) is 7.05 Å². The largest absolute Gasteiger partial charge is 0.378 e. The third kappa shape index (κ3) is 4.86. The van der Waals surface area contributed by atoms with E-state index in [4.69, 9.17) is 0 Å². The van der Waals surface area contributed by atoms with Gasteiger partial charge in [-0.15, -0.1) is 10.2 Å². The molecule has 7 heteroatoms. The summed E-state index contributed by atoms with van der Waals surface area (Å²) < 4.78 is 1.90. The Morgan fingerprint density at radius 3 is 2.50 bits per heavy atom. The number of aryl methyl sites for hydroxylation is 1. The lowest BCUT2D eigenvalue weighted by atomic mass is 10.2. The van der Waals surface area contributed by atoms with E-state index in [1.165, 1.54) is 17.3 Å². The molecular weight excluding hydrogens is 346 g/mol. The van der Waals surface area contributed by atoms with Gasteiger partial charge in [0, 0.05) is 18.4 Å². The molecule has 0 bridgehead atoms. The summed E-state index contributed by atoms with van der Waals surface area (Å²) in [4.78, 5) is 12.0. The summed E-state index contributed by atoms with van der Waals surface area (Å²) in [6.45, 7) is 2.63. The molecule has 0 aliphatic carbocycles. The lowest BCUT2D eigenvalue weighted by Gasteiger charge is -2.07. The Labute approximate surface area is 157 Å². The Bertz CT molecular complexity index is 861. The van der Waals surface area contributed by atoms with Crippen LogP contribution in [0.3, 0.4) is 0 Å². The maximum Gasteiger partial charge on any atom is 0.234 e. The molecule has 0 saturated heterocycles. The highest BCUT2D eigenvalue weighted by molar-refractivity contribution is 7.99. The van der Waals surface area contributed by atoms with E-state index >= 15 is 0 Å². The van der Waals surface area contributed by atoms with Crippen molar-refractivity contribution in [2.75, 3.05) is 16.4 Å². The fourth-order valence-electron chi connectivity index (χ4n) is 2.33. The van der Waals surface area contributed by atoms with Gasteiger partial charge < -0.3 is 15.2 Å². The van der Waals surface area contributed by atoms with E-state index in [9.17, 15) is 4.79 Å². The number of nitrogens with zero attached hydrogens (tertiary/aromatic N) is 3. The molecule has 0 atom stereocenters. The first-order valence-electron chi connectivity index (χ1n) is 8.28. The molecule has 1 heterocycles. The normalized spacial score (nSPS) is 10.5. The van der Waals surface area contributed by atoms with Gasteiger partial charge in [-0.2, -0.15) is 0 Å². The molecule has 134 valence electrons. The molecule has 0 aliphatic heterocycles. The summed E-state index contributed by atoms with van der Waals surface area (Å²) in [5.74, 6) is 1.03. The molecule has 2 N–H and O–H groups in total. The van der Waals surface area contributed by atoms with Crippen LogP contribution in [0, 0.1) is 6.92 Å². The molecule has 0 spiro atoms. The molecule has 1 aromatic heterocycles. The van der Waals surface area contributed by atoms with Crippen LogP contribution < -0.4 is 10.6 Å². The molecule has 3 rings (SSSR count). The molecule has 1 amide bonds. The maximum absolute atomic E-state index is 12.0. The van der Waals surface area contributed by atoms with E-state index < -0.39 is 0 Å². The van der Waals surface area contributed by atoms with E-state index in [0.29, 0.717) is 11.7 Å². The van der Waals surface area contributed by atoms with Gasteiger partial charge in [-0.25, -0.2) is 0 Å². The van der Waals surface area contributed by atoms with E-state index in [0.717, 1.165) is 17.2 Å². The number of rotatable bonds is 7. The minimum atomic E-state index is -0.0662. The van der Waals surface area contributed by atoms with E-state index in [1.807, 2.05) is 54.1 Å². The van der Waals surface area contributed by atoms with Crippen molar-refractivity contribution in [1.82, 2.24) is 14.8 Å². The molecule has 26 heavy (non-hydrogen) atoms. The standard InChI is InChI=1S/C19H21N5OS/c1-14-8-10-15(11-9-14)20-12-17-22-23-19(24(17)2)26-13-18(25)21-16-6-4-3-5-7-16/h3-11,20H,12-13H2,1-2H3,(H,21,25). The van der Waals surface area contributed by atoms with Crippen molar-refractivity contribution in [3.05, 3.63) is 66.0 Å². The lowest BCUT2D eigenvalue weighted by Crippen LogP contribution is -2.14. The minimum absolute atomic E-state index is 0.0662. The van der Waals surface area contributed by atoms with Crippen LogP contribution in [0.1, 0.15) is 11.4 Å². The van der Waals surface area contributed by atoms with Crippen molar-refractivity contribution < 1.29 is 4.79 Å². The van der Waals surface area contributed by atoms with Gasteiger partial charge in [0.25, 0.3) is 0 Å². The predicted molar refractivity (Wildman–Crippen MR) is 105 cm³/mol. The van der Waals surface area contributed by atoms with Gasteiger partial charge in [0.2, 0.25) is 5.91 Å². The lowest BCUT2D eigenvalue weighted by molar-refractivity contribution is -0.113. The second-order valence-electron chi connectivity index (χ2n) is 5.88. The molecule has 6 nitrogen and oxygen atoms in total. The summed E-state index contributed by atoms with van der Waals surface area (Å²) >= 11 is 1.37. The summed E-state index contributed by atoms with van der Waals surface area (Å²) in [7, 11) is 1.91. The molecule has 0 unspecified atom stereocenters. The average Bonchev–Trinajstić information content (AvgIpc) is 3.00. The zero-order chi connectivity index (χ0) is 18.4. The molecule has 2 aromatic carbocycles. The van der Waals surface area contributed by atoms with Gasteiger partial charge in [0.1, 0.15) is 0 Å². The molecule has 0 fully saturated rings. The van der Waals surface area contributed by atoms with Crippen molar-refractivity contribution in [2.45, 2.75) is 18.6 Å². The Morgan fingerprint density at radius 2 is 1.77 bits per heavy atom.